The Kier molecular flexibility index (Phi) is 4.09. The van der Waals surface area contributed by atoms with E-state index in [1.165, 1.54) is 6.33 Å². The molecule has 1 heterocycles. The van der Waals surface area contributed by atoms with Crippen molar-refractivity contribution in [2.45, 2.75) is 0 Å². The first-order chi connectivity index (χ1) is 9.24. The summed E-state index contributed by atoms with van der Waals surface area (Å²) in [6, 6.07) is 8.58. The van der Waals surface area contributed by atoms with Crippen LogP contribution >= 0.6 is 0 Å². The van der Waals surface area contributed by atoms with Gasteiger partial charge in [-0.3, -0.25) is 0 Å². The minimum absolute atomic E-state index is 0.355. The maximum atomic E-state index is 10.3. The summed E-state index contributed by atoms with van der Waals surface area (Å²) in [6.07, 6.45) is 3.06. The lowest BCUT2D eigenvalue weighted by atomic mass is 10.2. The molecule has 1 N–H and O–H groups in total. The van der Waals surface area contributed by atoms with Crippen molar-refractivity contribution in [1.82, 2.24) is 9.97 Å². The number of rotatable bonds is 3. The van der Waals surface area contributed by atoms with Crippen molar-refractivity contribution in [3.63, 3.8) is 0 Å². The van der Waals surface area contributed by atoms with Crippen LogP contribution in [0.3, 0.4) is 0 Å². The first kappa shape index (κ1) is 12.6. The van der Waals surface area contributed by atoms with Gasteiger partial charge in [-0.05, 0) is 36.3 Å². The molecule has 0 aliphatic carbocycles. The number of carbonyl (C=O) groups is 1. The first-order valence-corrected chi connectivity index (χ1v) is 5.47. The highest BCUT2D eigenvalue weighted by molar-refractivity contribution is 5.68. The van der Waals surface area contributed by atoms with E-state index in [0.717, 1.165) is 5.56 Å². The maximum absolute atomic E-state index is 10.3. The van der Waals surface area contributed by atoms with Crippen LogP contribution in [0.15, 0.2) is 42.9 Å². The molecule has 0 spiro atoms. The average Bonchev–Trinajstić information content (AvgIpc) is 2.45. The van der Waals surface area contributed by atoms with Gasteiger partial charge in [0, 0.05) is 11.8 Å². The molecule has 0 atom stereocenters. The van der Waals surface area contributed by atoms with Gasteiger partial charge in [0.05, 0.1) is 0 Å². The van der Waals surface area contributed by atoms with Crippen molar-refractivity contribution in [1.29, 1.82) is 0 Å². The van der Waals surface area contributed by atoms with Gasteiger partial charge in [0.15, 0.2) is 6.61 Å². The van der Waals surface area contributed by atoms with Gasteiger partial charge in [0.1, 0.15) is 17.8 Å². The Hall–Kier alpha value is -2.87. The third-order valence-electron chi connectivity index (χ3n) is 2.13. The van der Waals surface area contributed by atoms with Gasteiger partial charge in [-0.25, -0.2) is 14.8 Å². The number of nitrogens with zero attached hydrogens (tertiary/aromatic N) is 2. The molecule has 19 heavy (non-hydrogen) atoms. The molecular weight excluding hydrogens is 244 g/mol. The number of carboxylic acid groups (broad SMARTS) is 1. The molecule has 0 saturated carbocycles. The number of ether oxygens (including phenoxy) is 1. The molecule has 2 rings (SSSR count). The molecule has 0 fully saturated rings. The third kappa shape index (κ3) is 4.13. The number of carboxylic acids is 1. The molecule has 94 valence electrons. The second kappa shape index (κ2) is 6.17. The van der Waals surface area contributed by atoms with Crippen LogP contribution in [0.1, 0.15) is 11.3 Å². The quantitative estimate of drug-likeness (QED) is 0.837. The van der Waals surface area contributed by atoms with Crippen molar-refractivity contribution >= 4 is 5.97 Å². The van der Waals surface area contributed by atoms with E-state index in [2.05, 4.69) is 21.8 Å². The van der Waals surface area contributed by atoms with E-state index in [0.29, 0.717) is 11.4 Å². The molecule has 5 nitrogen and oxygen atoms in total. The van der Waals surface area contributed by atoms with E-state index in [4.69, 9.17) is 9.84 Å². The van der Waals surface area contributed by atoms with Crippen LogP contribution in [-0.4, -0.2) is 27.7 Å². The summed E-state index contributed by atoms with van der Waals surface area (Å²) in [7, 11) is 0. The zero-order chi connectivity index (χ0) is 13.5. The molecule has 0 radical (unpaired) electrons. The van der Waals surface area contributed by atoms with Crippen LogP contribution in [0.2, 0.25) is 0 Å². The Morgan fingerprint density at radius 2 is 2.00 bits per heavy atom. The van der Waals surface area contributed by atoms with Crippen molar-refractivity contribution in [3.8, 4) is 17.6 Å². The average molecular weight is 254 g/mol. The molecule has 2 aromatic rings. The molecule has 0 aliphatic rings. The summed E-state index contributed by atoms with van der Waals surface area (Å²) >= 11 is 0. The number of hydrogen-bond donors (Lipinski definition) is 1. The van der Waals surface area contributed by atoms with Crippen LogP contribution in [0.4, 0.5) is 0 Å². The van der Waals surface area contributed by atoms with Crippen molar-refractivity contribution in [2.24, 2.45) is 0 Å². The second-order valence-electron chi connectivity index (χ2n) is 3.55. The van der Waals surface area contributed by atoms with Crippen molar-refractivity contribution < 1.29 is 14.6 Å². The fourth-order valence-electron chi connectivity index (χ4n) is 1.28. The van der Waals surface area contributed by atoms with Gasteiger partial charge in [0.25, 0.3) is 0 Å². The molecule has 0 saturated heterocycles. The highest BCUT2D eigenvalue weighted by Gasteiger charge is 1.98. The van der Waals surface area contributed by atoms with Gasteiger partial charge >= 0.3 is 5.97 Å². The fraction of sp³-hybridized carbons (Fsp3) is 0.0714. The van der Waals surface area contributed by atoms with E-state index in [-0.39, 0.29) is 6.61 Å². The second-order valence-corrected chi connectivity index (χ2v) is 3.55. The van der Waals surface area contributed by atoms with Crippen LogP contribution in [0.5, 0.6) is 5.75 Å². The van der Waals surface area contributed by atoms with E-state index in [1.54, 1.807) is 36.5 Å². The Morgan fingerprint density at radius 3 is 2.63 bits per heavy atom. The lowest BCUT2D eigenvalue weighted by Gasteiger charge is -2.01. The van der Waals surface area contributed by atoms with Gasteiger partial charge in [0.2, 0.25) is 0 Å². The van der Waals surface area contributed by atoms with Crippen LogP contribution in [-0.2, 0) is 4.79 Å². The fourth-order valence-corrected chi connectivity index (χ4v) is 1.28. The number of aliphatic carboxylic acids is 1. The summed E-state index contributed by atoms with van der Waals surface area (Å²) < 4.78 is 5.02. The zero-order valence-electron chi connectivity index (χ0n) is 9.91. The summed E-state index contributed by atoms with van der Waals surface area (Å²) in [4.78, 5) is 18.1. The molecule has 0 amide bonds. The zero-order valence-corrected chi connectivity index (χ0v) is 9.91. The van der Waals surface area contributed by atoms with Gasteiger partial charge in [-0.15, -0.1) is 0 Å². The number of benzene rings is 1. The van der Waals surface area contributed by atoms with Crippen molar-refractivity contribution in [2.75, 3.05) is 6.61 Å². The number of hydrogen-bond acceptors (Lipinski definition) is 4. The molecule has 0 unspecified atom stereocenters. The highest BCUT2D eigenvalue weighted by Crippen LogP contribution is 2.11. The van der Waals surface area contributed by atoms with Gasteiger partial charge in [-0.2, -0.15) is 0 Å². The SMILES string of the molecule is O=C(O)COc1ccc(C#Cc2ccncn2)cc1. The Labute approximate surface area is 109 Å². The van der Waals surface area contributed by atoms with Crippen LogP contribution in [0, 0.1) is 11.8 Å². The Morgan fingerprint density at radius 1 is 1.21 bits per heavy atom. The standard InChI is InChI=1S/C14H10N2O3/c17-14(18)9-19-13-5-2-11(3-6-13)1-4-12-7-8-15-10-16-12/h2-3,5-8,10H,9H2,(H,17,18). The topological polar surface area (TPSA) is 72.3 Å². The lowest BCUT2D eigenvalue weighted by Crippen LogP contribution is -2.09. The highest BCUT2D eigenvalue weighted by atomic mass is 16.5. The van der Waals surface area contributed by atoms with E-state index >= 15 is 0 Å². The van der Waals surface area contributed by atoms with Crippen LogP contribution in [0.25, 0.3) is 0 Å². The van der Waals surface area contributed by atoms with Crippen molar-refractivity contribution in [3.05, 3.63) is 54.1 Å². The largest absolute Gasteiger partial charge is 0.482 e. The van der Waals surface area contributed by atoms with Gasteiger partial charge in [-0.1, -0.05) is 5.92 Å². The minimum atomic E-state index is -1.01. The van der Waals surface area contributed by atoms with E-state index < -0.39 is 5.97 Å². The molecule has 0 bridgehead atoms. The molecular formula is C14H10N2O3. The van der Waals surface area contributed by atoms with Gasteiger partial charge < -0.3 is 9.84 Å². The van der Waals surface area contributed by atoms with E-state index in [1.807, 2.05) is 0 Å². The predicted octanol–water partition coefficient (Wildman–Crippen LogP) is 1.34. The Bertz CT molecular complexity index is 613. The molecule has 0 aliphatic heterocycles. The summed E-state index contributed by atoms with van der Waals surface area (Å²) in [5, 5.41) is 8.48. The lowest BCUT2D eigenvalue weighted by molar-refractivity contribution is -0.139. The third-order valence-corrected chi connectivity index (χ3v) is 2.13. The molecule has 1 aromatic carbocycles. The maximum Gasteiger partial charge on any atom is 0.341 e. The summed E-state index contributed by atoms with van der Waals surface area (Å²) in [6.45, 7) is -0.355. The number of aromatic nitrogens is 2. The summed E-state index contributed by atoms with van der Waals surface area (Å²) in [5.74, 6) is 5.32. The smallest absolute Gasteiger partial charge is 0.341 e. The minimum Gasteiger partial charge on any atom is -0.482 e. The molecule has 5 heteroatoms. The molecule has 1 aromatic heterocycles. The predicted molar refractivity (Wildman–Crippen MR) is 67.6 cm³/mol. The van der Waals surface area contributed by atoms with Crippen LogP contribution < -0.4 is 4.74 Å². The normalized spacial score (nSPS) is 9.26. The Balaban J connectivity index is 2.03. The first-order valence-electron chi connectivity index (χ1n) is 5.47. The van der Waals surface area contributed by atoms with E-state index in [9.17, 15) is 4.79 Å². The monoisotopic (exact) mass is 254 g/mol. The summed E-state index contributed by atoms with van der Waals surface area (Å²) in [5.41, 5.74) is 1.43.